The molecule has 2 aliphatic rings. The maximum absolute atomic E-state index is 13.0. The molecule has 0 amide bonds. The van der Waals surface area contributed by atoms with Gasteiger partial charge in [-0.25, -0.2) is 8.42 Å². The predicted molar refractivity (Wildman–Crippen MR) is 96.1 cm³/mol. The third-order valence-corrected chi connectivity index (χ3v) is 7.30. The van der Waals surface area contributed by atoms with Gasteiger partial charge in [-0.3, -0.25) is 0 Å². The summed E-state index contributed by atoms with van der Waals surface area (Å²) in [6, 6.07) is 5.34. The van der Waals surface area contributed by atoms with E-state index in [1.165, 1.54) is 0 Å². The molecule has 2 aliphatic heterocycles. The Bertz CT molecular complexity index is 671. The lowest BCUT2D eigenvalue weighted by molar-refractivity contribution is 0.338. The first-order chi connectivity index (χ1) is 10.3. The third-order valence-electron chi connectivity index (χ3n) is 4.98. The van der Waals surface area contributed by atoms with E-state index in [1.54, 1.807) is 16.4 Å². The second-order valence-corrected chi connectivity index (χ2v) is 9.17. The van der Waals surface area contributed by atoms with Crippen LogP contribution in [-0.4, -0.2) is 38.9 Å². The minimum absolute atomic E-state index is 0. The lowest BCUT2D eigenvalue weighted by atomic mass is 9.87. The Kier molecular flexibility index (Phi) is 5.69. The first-order valence-electron chi connectivity index (χ1n) is 7.84. The number of rotatable bonds is 3. The standard InChI is InChI=1S/C16H23ClN2O2S.ClH/c1-12(2)13-3-4-14(17)15(9-13)22(20,21)19-8-6-16(11-19)5-7-18-10-16;/h3-4,9,12,18H,5-8,10-11H2,1-2H3;1H. The predicted octanol–water partition coefficient (Wildman–Crippen LogP) is 3.26. The van der Waals surface area contributed by atoms with E-state index in [2.05, 4.69) is 19.2 Å². The summed E-state index contributed by atoms with van der Waals surface area (Å²) < 4.78 is 27.6. The number of hydrogen-bond acceptors (Lipinski definition) is 3. The van der Waals surface area contributed by atoms with E-state index in [0.717, 1.165) is 31.5 Å². The SMILES string of the molecule is CC(C)c1ccc(Cl)c(S(=O)(=O)N2CCC3(CCNC3)C2)c1.Cl. The second-order valence-electron chi connectivity index (χ2n) is 6.86. The highest BCUT2D eigenvalue weighted by molar-refractivity contribution is 7.89. The molecule has 4 nitrogen and oxygen atoms in total. The van der Waals surface area contributed by atoms with Crippen LogP contribution >= 0.6 is 24.0 Å². The zero-order valence-electron chi connectivity index (χ0n) is 13.5. The average Bonchev–Trinajstić information content (AvgIpc) is 3.10. The van der Waals surface area contributed by atoms with Gasteiger partial charge in [-0.2, -0.15) is 4.31 Å². The van der Waals surface area contributed by atoms with Crippen LogP contribution in [0.15, 0.2) is 23.1 Å². The Hall–Kier alpha value is -0.330. The van der Waals surface area contributed by atoms with E-state index in [0.29, 0.717) is 18.1 Å². The summed E-state index contributed by atoms with van der Waals surface area (Å²) in [4.78, 5) is 0.253. The van der Waals surface area contributed by atoms with Crippen molar-refractivity contribution in [3.8, 4) is 0 Å². The molecule has 1 aromatic rings. The molecule has 0 bridgehead atoms. The van der Waals surface area contributed by atoms with E-state index in [4.69, 9.17) is 11.6 Å². The molecule has 1 unspecified atom stereocenters. The molecular weight excluding hydrogens is 355 g/mol. The zero-order valence-corrected chi connectivity index (χ0v) is 15.9. The molecule has 130 valence electrons. The summed E-state index contributed by atoms with van der Waals surface area (Å²) >= 11 is 6.20. The van der Waals surface area contributed by atoms with Crippen LogP contribution in [0.1, 0.15) is 38.2 Å². The molecule has 3 rings (SSSR count). The smallest absolute Gasteiger partial charge is 0.244 e. The topological polar surface area (TPSA) is 49.4 Å². The molecule has 2 heterocycles. The van der Waals surface area contributed by atoms with E-state index in [9.17, 15) is 8.42 Å². The van der Waals surface area contributed by atoms with Gasteiger partial charge in [0.2, 0.25) is 10.0 Å². The quantitative estimate of drug-likeness (QED) is 0.877. The van der Waals surface area contributed by atoms with Gasteiger partial charge in [0.25, 0.3) is 0 Å². The fourth-order valence-corrected chi connectivity index (χ4v) is 5.52. The molecule has 0 radical (unpaired) electrons. The Morgan fingerprint density at radius 3 is 2.65 bits per heavy atom. The zero-order chi connectivity index (χ0) is 16.0. The van der Waals surface area contributed by atoms with Crippen LogP contribution in [-0.2, 0) is 10.0 Å². The molecule has 2 saturated heterocycles. The maximum Gasteiger partial charge on any atom is 0.244 e. The molecule has 1 N–H and O–H groups in total. The Labute approximate surface area is 150 Å². The molecule has 7 heteroatoms. The van der Waals surface area contributed by atoms with E-state index >= 15 is 0 Å². The molecule has 0 aliphatic carbocycles. The van der Waals surface area contributed by atoms with Gasteiger partial charge in [-0.05, 0) is 48.4 Å². The molecule has 1 aromatic carbocycles. The van der Waals surface area contributed by atoms with Crippen LogP contribution in [0, 0.1) is 5.41 Å². The van der Waals surface area contributed by atoms with Crippen molar-refractivity contribution >= 4 is 34.0 Å². The number of halogens is 2. The normalized spacial score (nSPS) is 25.2. The maximum atomic E-state index is 13.0. The third kappa shape index (κ3) is 3.54. The minimum atomic E-state index is -3.52. The fourth-order valence-electron chi connectivity index (χ4n) is 3.46. The van der Waals surface area contributed by atoms with E-state index < -0.39 is 10.0 Å². The van der Waals surface area contributed by atoms with Crippen LogP contribution in [0.2, 0.25) is 5.02 Å². The van der Waals surface area contributed by atoms with Gasteiger partial charge in [0.05, 0.1) is 5.02 Å². The number of benzene rings is 1. The molecule has 0 aromatic heterocycles. The highest BCUT2D eigenvalue weighted by Gasteiger charge is 2.44. The summed E-state index contributed by atoms with van der Waals surface area (Å²) in [5.74, 6) is 0.273. The molecule has 1 spiro atoms. The van der Waals surface area contributed by atoms with Crippen molar-refractivity contribution in [2.75, 3.05) is 26.2 Å². The summed E-state index contributed by atoms with van der Waals surface area (Å²) in [6.45, 7) is 7.19. The summed E-state index contributed by atoms with van der Waals surface area (Å²) in [6.07, 6.45) is 1.99. The summed E-state index contributed by atoms with van der Waals surface area (Å²) in [5, 5.41) is 3.67. The van der Waals surface area contributed by atoms with E-state index in [-0.39, 0.29) is 28.6 Å². The minimum Gasteiger partial charge on any atom is -0.316 e. The van der Waals surface area contributed by atoms with Gasteiger partial charge in [0.15, 0.2) is 0 Å². The van der Waals surface area contributed by atoms with E-state index in [1.807, 2.05) is 6.07 Å². The molecule has 1 atom stereocenters. The Balaban J connectivity index is 0.00000192. The van der Waals surface area contributed by atoms with Crippen molar-refractivity contribution in [1.82, 2.24) is 9.62 Å². The van der Waals surface area contributed by atoms with Crippen molar-refractivity contribution < 1.29 is 8.42 Å². The van der Waals surface area contributed by atoms with Gasteiger partial charge in [0, 0.05) is 19.6 Å². The van der Waals surface area contributed by atoms with Crippen LogP contribution in [0.3, 0.4) is 0 Å². The second kappa shape index (κ2) is 6.89. The molecule has 2 fully saturated rings. The molecule has 0 saturated carbocycles. The van der Waals surface area contributed by atoms with Crippen molar-refractivity contribution in [3.63, 3.8) is 0 Å². The van der Waals surface area contributed by atoms with Crippen LogP contribution in [0.4, 0.5) is 0 Å². The van der Waals surface area contributed by atoms with Crippen molar-refractivity contribution in [1.29, 1.82) is 0 Å². The van der Waals surface area contributed by atoms with Crippen LogP contribution < -0.4 is 5.32 Å². The largest absolute Gasteiger partial charge is 0.316 e. The summed E-state index contributed by atoms with van der Waals surface area (Å²) in [5.41, 5.74) is 1.12. The monoisotopic (exact) mass is 378 g/mol. The summed E-state index contributed by atoms with van der Waals surface area (Å²) in [7, 11) is -3.52. The first kappa shape index (κ1) is 19.0. The highest BCUT2D eigenvalue weighted by atomic mass is 35.5. The van der Waals surface area contributed by atoms with Crippen molar-refractivity contribution in [2.45, 2.75) is 37.5 Å². The van der Waals surface area contributed by atoms with Crippen molar-refractivity contribution in [2.24, 2.45) is 5.41 Å². The average molecular weight is 379 g/mol. The lowest BCUT2D eigenvalue weighted by Gasteiger charge is -2.23. The molecule has 23 heavy (non-hydrogen) atoms. The lowest BCUT2D eigenvalue weighted by Crippen LogP contribution is -2.33. The van der Waals surface area contributed by atoms with Gasteiger partial charge >= 0.3 is 0 Å². The number of nitrogens with one attached hydrogen (secondary N) is 1. The number of sulfonamides is 1. The number of nitrogens with zero attached hydrogens (tertiary/aromatic N) is 1. The van der Waals surface area contributed by atoms with Gasteiger partial charge in [-0.15, -0.1) is 12.4 Å². The Morgan fingerprint density at radius 1 is 1.30 bits per heavy atom. The van der Waals surface area contributed by atoms with Gasteiger partial charge in [0.1, 0.15) is 4.90 Å². The van der Waals surface area contributed by atoms with Crippen molar-refractivity contribution in [3.05, 3.63) is 28.8 Å². The number of hydrogen-bond donors (Lipinski definition) is 1. The first-order valence-corrected chi connectivity index (χ1v) is 9.66. The highest BCUT2D eigenvalue weighted by Crippen LogP contribution is 2.39. The molecular formula is C16H24Cl2N2O2S. The van der Waals surface area contributed by atoms with Gasteiger partial charge < -0.3 is 5.32 Å². The Morgan fingerprint density at radius 2 is 2.04 bits per heavy atom. The van der Waals surface area contributed by atoms with Crippen LogP contribution in [0.5, 0.6) is 0 Å². The van der Waals surface area contributed by atoms with Gasteiger partial charge in [-0.1, -0.05) is 31.5 Å². The fraction of sp³-hybridized carbons (Fsp3) is 0.625. The van der Waals surface area contributed by atoms with Crippen LogP contribution in [0.25, 0.3) is 0 Å².